The summed E-state index contributed by atoms with van der Waals surface area (Å²) in [5.41, 5.74) is 1.43. The van der Waals surface area contributed by atoms with Gasteiger partial charge in [0.2, 0.25) is 0 Å². The van der Waals surface area contributed by atoms with E-state index in [0.29, 0.717) is 29.1 Å². The van der Waals surface area contributed by atoms with Gasteiger partial charge in [-0.1, -0.05) is 11.6 Å². The lowest BCUT2D eigenvalue weighted by molar-refractivity contribution is 0.190. The maximum absolute atomic E-state index is 13.3. The summed E-state index contributed by atoms with van der Waals surface area (Å²) in [6.07, 6.45) is 5.48. The number of urea groups is 1. The lowest BCUT2D eigenvalue weighted by Crippen LogP contribution is -2.44. The predicted octanol–water partition coefficient (Wildman–Crippen LogP) is 4.21. The standard InChI is InChI=1S/C21H26ClFN4O2/c1-29-11-10-24-16-3-5-17(6-4-16)26-21(28)27-20-12-14(8-9-25-20)18-7-2-15(23)13-19(18)22/h2,7-9,12-13,16-17,24H,3-6,10-11H2,1H3,(H2,25,26,27,28). The number of carbonyl (C=O) groups excluding carboxylic acids is 1. The van der Waals surface area contributed by atoms with Crippen LogP contribution in [0.3, 0.4) is 0 Å². The molecule has 1 saturated carbocycles. The number of ether oxygens (including phenoxy) is 1. The van der Waals surface area contributed by atoms with Crippen LogP contribution in [-0.4, -0.2) is 43.4 Å². The molecule has 1 aromatic carbocycles. The van der Waals surface area contributed by atoms with Gasteiger partial charge in [-0.2, -0.15) is 0 Å². The summed E-state index contributed by atoms with van der Waals surface area (Å²) in [4.78, 5) is 16.6. The molecular formula is C21H26ClFN4O2. The van der Waals surface area contributed by atoms with Crippen LogP contribution in [0.2, 0.25) is 5.02 Å². The lowest BCUT2D eigenvalue weighted by atomic mass is 9.91. The van der Waals surface area contributed by atoms with Crippen LogP contribution < -0.4 is 16.0 Å². The Morgan fingerprint density at radius 2 is 1.97 bits per heavy atom. The molecule has 156 valence electrons. The maximum atomic E-state index is 13.3. The summed E-state index contributed by atoms with van der Waals surface area (Å²) in [6.45, 7) is 1.55. The molecule has 0 atom stereocenters. The Morgan fingerprint density at radius 1 is 1.21 bits per heavy atom. The molecule has 0 bridgehead atoms. The predicted molar refractivity (Wildman–Crippen MR) is 113 cm³/mol. The minimum atomic E-state index is -0.394. The van der Waals surface area contributed by atoms with Crippen molar-refractivity contribution >= 4 is 23.4 Å². The number of halogens is 2. The topological polar surface area (TPSA) is 75.3 Å². The highest BCUT2D eigenvalue weighted by Crippen LogP contribution is 2.29. The molecule has 1 heterocycles. The van der Waals surface area contributed by atoms with E-state index in [1.165, 1.54) is 12.1 Å². The number of carbonyl (C=O) groups is 1. The monoisotopic (exact) mass is 420 g/mol. The highest BCUT2D eigenvalue weighted by molar-refractivity contribution is 6.33. The number of amides is 2. The molecule has 3 N–H and O–H groups in total. The van der Waals surface area contributed by atoms with E-state index >= 15 is 0 Å². The van der Waals surface area contributed by atoms with Crippen molar-refractivity contribution in [2.24, 2.45) is 0 Å². The number of anilines is 1. The molecular weight excluding hydrogens is 395 g/mol. The fourth-order valence-electron chi connectivity index (χ4n) is 3.53. The number of nitrogens with zero attached hydrogens (tertiary/aromatic N) is 1. The van der Waals surface area contributed by atoms with Crippen molar-refractivity contribution in [3.05, 3.63) is 47.4 Å². The maximum Gasteiger partial charge on any atom is 0.320 e. The third-order valence-electron chi connectivity index (χ3n) is 5.05. The second-order valence-electron chi connectivity index (χ2n) is 7.15. The number of hydrogen-bond donors (Lipinski definition) is 3. The van der Waals surface area contributed by atoms with Gasteiger partial charge < -0.3 is 15.4 Å². The van der Waals surface area contributed by atoms with Gasteiger partial charge in [-0.15, -0.1) is 0 Å². The second kappa shape index (κ2) is 10.5. The normalized spacial score (nSPS) is 19.0. The van der Waals surface area contributed by atoms with Crippen LogP contribution in [0.5, 0.6) is 0 Å². The molecule has 1 aliphatic carbocycles. The zero-order valence-corrected chi connectivity index (χ0v) is 17.1. The molecule has 6 nitrogen and oxygen atoms in total. The zero-order valence-electron chi connectivity index (χ0n) is 16.4. The van der Waals surface area contributed by atoms with Gasteiger partial charge in [-0.3, -0.25) is 5.32 Å². The van der Waals surface area contributed by atoms with Crippen LogP contribution in [-0.2, 0) is 4.74 Å². The molecule has 0 radical (unpaired) electrons. The Bertz CT molecular complexity index is 828. The largest absolute Gasteiger partial charge is 0.383 e. The summed E-state index contributed by atoms with van der Waals surface area (Å²) >= 11 is 6.13. The first-order valence-corrected chi connectivity index (χ1v) is 10.1. The van der Waals surface area contributed by atoms with Crippen molar-refractivity contribution in [2.45, 2.75) is 37.8 Å². The van der Waals surface area contributed by atoms with E-state index in [0.717, 1.165) is 37.8 Å². The summed E-state index contributed by atoms with van der Waals surface area (Å²) in [6, 6.07) is 8.04. The van der Waals surface area contributed by atoms with E-state index in [1.54, 1.807) is 31.5 Å². The number of rotatable bonds is 7. The Hall–Kier alpha value is -2.22. The summed E-state index contributed by atoms with van der Waals surface area (Å²) < 4.78 is 18.3. The van der Waals surface area contributed by atoms with Crippen molar-refractivity contribution in [1.29, 1.82) is 0 Å². The summed E-state index contributed by atoms with van der Waals surface area (Å²) in [5, 5.41) is 9.56. The van der Waals surface area contributed by atoms with E-state index in [1.807, 2.05) is 0 Å². The van der Waals surface area contributed by atoms with Gasteiger partial charge in [0.25, 0.3) is 0 Å². The third kappa shape index (κ3) is 6.39. The van der Waals surface area contributed by atoms with Gasteiger partial charge in [0, 0.05) is 37.5 Å². The molecule has 2 amide bonds. The quantitative estimate of drug-likeness (QED) is 0.586. The number of benzene rings is 1. The molecule has 0 unspecified atom stereocenters. The number of pyridine rings is 1. The minimum absolute atomic E-state index is 0.144. The first-order valence-electron chi connectivity index (χ1n) is 9.76. The van der Waals surface area contributed by atoms with E-state index < -0.39 is 5.82 Å². The van der Waals surface area contributed by atoms with Gasteiger partial charge in [-0.05, 0) is 61.6 Å². The van der Waals surface area contributed by atoms with Crippen LogP contribution in [0, 0.1) is 5.82 Å². The van der Waals surface area contributed by atoms with Crippen LogP contribution in [0.25, 0.3) is 11.1 Å². The van der Waals surface area contributed by atoms with Gasteiger partial charge in [0.05, 0.1) is 11.6 Å². The van der Waals surface area contributed by atoms with Crippen molar-refractivity contribution in [1.82, 2.24) is 15.6 Å². The number of methoxy groups -OCH3 is 1. The average Bonchev–Trinajstić information content (AvgIpc) is 2.69. The molecule has 1 aromatic heterocycles. The van der Waals surface area contributed by atoms with Gasteiger partial charge in [0.1, 0.15) is 11.6 Å². The highest BCUT2D eigenvalue weighted by Gasteiger charge is 2.22. The number of aromatic nitrogens is 1. The SMILES string of the molecule is COCCNC1CCC(NC(=O)Nc2cc(-c3ccc(F)cc3Cl)ccn2)CC1. The van der Waals surface area contributed by atoms with E-state index in [4.69, 9.17) is 16.3 Å². The summed E-state index contributed by atoms with van der Waals surface area (Å²) in [7, 11) is 1.69. The molecule has 2 aromatic rings. The van der Waals surface area contributed by atoms with Crippen LogP contribution in [0.1, 0.15) is 25.7 Å². The average molecular weight is 421 g/mol. The van der Waals surface area contributed by atoms with Gasteiger partial charge in [0.15, 0.2) is 0 Å². The van der Waals surface area contributed by atoms with E-state index in [-0.39, 0.29) is 12.1 Å². The minimum Gasteiger partial charge on any atom is -0.383 e. The van der Waals surface area contributed by atoms with Crippen LogP contribution >= 0.6 is 11.6 Å². The molecule has 3 rings (SSSR count). The molecule has 1 aliphatic rings. The fraction of sp³-hybridized carbons (Fsp3) is 0.429. The van der Waals surface area contributed by atoms with Crippen molar-refractivity contribution in [3.63, 3.8) is 0 Å². The molecule has 0 spiro atoms. The Kier molecular flexibility index (Phi) is 7.80. The highest BCUT2D eigenvalue weighted by atomic mass is 35.5. The van der Waals surface area contributed by atoms with Gasteiger partial charge in [-0.25, -0.2) is 14.2 Å². The van der Waals surface area contributed by atoms with E-state index in [9.17, 15) is 9.18 Å². The Labute approximate surface area is 175 Å². The molecule has 29 heavy (non-hydrogen) atoms. The molecule has 0 aliphatic heterocycles. The molecule has 0 saturated heterocycles. The third-order valence-corrected chi connectivity index (χ3v) is 5.36. The first-order chi connectivity index (χ1) is 14.0. The smallest absolute Gasteiger partial charge is 0.320 e. The fourth-order valence-corrected chi connectivity index (χ4v) is 3.81. The van der Waals surface area contributed by atoms with Gasteiger partial charge >= 0.3 is 6.03 Å². The van der Waals surface area contributed by atoms with Crippen molar-refractivity contribution in [2.75, 3.05) is 25.6 Å². The first kappa shape index (κ1) is 21.5. The Morgan fingerprint density at radius 3 is 2.69 bits per heavy atom. The van der Waals surface area contributed by atoms with E-state index in [2.05, 4.69) is 20.9 Å². The van der Waals surface area contributed by atoms with Crippen molar-refractivity contribution in [3.8, 4) is 11.1 Å². The number of hydrogen-bond acceptors (Lipinski definition) is 4. The lowest BCUT2D eigenvalue weighted by Gasteiger charge is -2.29. The summed E-state index contributed by atoms with van der Waals surface area (Å²) in [5.74, 6) is 0.0180. The number of nitrogens with one attached hydrogen (secondary N) is 3. The molecule has 1 fully saturated rings. The van der Waals surface area contributed by atoms with Crippen molar-refractivity contribution < 1.29 is 13.9 Å². The Balaban J connectivity index is 1.51. The second-order valence-corrected chi connectivity index (χ2v) is 7.56. The van der Waals surface area contributed by atoms with Crippen LogP contribution in [0.4, 0.5) is 15.0 Å². The van der Waals surface area contributed by atoms with Crippen LogP contribution in [0.15, 0.2) is 36.5 Å². The molecule has 8 heteroatoms. The zero-order chi connectivity index (χ0) is 20.6.